The van der Waals surface area contributed by atoms with Crippen LogP contribution in [-0.4, -0.2) is 28.8 Å². The molecule has 0 unspecified atom stereocenters. The van der Waals surface area contributed by atoms with Crippen molar-refractivity contribution >= 4 is 16.7 Å². The molecule has 0 aliphatic carbocycles. The fraction of sp³-hybridized carbons (Fsp3) is 0.130. The van der Waals surface area contributed by atoms with Gasteiger partial charge in [0.05, 0.1) is 12.2 Å². The Kier molecular flexibility index (Phi) is 5.06. The molecule has 28 heavy (non-hydrogen) atoms. The average Bonchev–Trinajstić information content (AvgIpc) is 3.17. The summed E-state index contributed by atoms with van der Waals surface area (Å²) in [4.78, 5) is 12.3. The first kappa shape index (κ1) is 17.8. The molecule has 3 aromatic carbocycles. The first-order valence-electron chi connectivity index (χ1n) is 9.21. The van der Waals surface area contributed by atoms with Crippen molar-refractivity contribution in [3.8, 4) is 11.4 Å². The van der Waals surface area contributed by atoms with Crippen LogP contribution in [0.4, 0.5) is 0 Å². The predicted molar refractivity (Wildman–Crippen MR) is 110 cm³/mol. The van der Waals surface area contributed by atoms with Crippen molar-refractivity contribution < 1.29 is 9.53 Å². The molecule has 140 valence electrons. The van der Waals surface area contributed by atoms with Crippen molar-refractivity contribution in [3.05, 3.63) is 90.3 Å². The summed E-state index contributed by atoms with van der Waals surface area (Å²) in [5.74, 6) is 0.678. The van der Waals surface area contributed by atoms with Gasteiger partial charge in [0, 0.05) is 17.5 Å². The number of nitrogens with one attached hydrogen (secondary N) is 1. The Morgan fingerprint density at radius 2 is 1.79 bits per heavy atom. The van der Waals surface area contributed by atoms with Gasteiger partial charge in [-0.25, -0.2) is 4.68 Å². The number of carbonyl (C=O) groups is 1. The maximum Gasteiger partial charge on any atom is 0.251 e. The number of ether oxygens (including phenoxy) is 1. The van der Waals surface area contributed by atoms with Crippen LogP contribution in [0.3, 0.4) is 0 Å². The van der Waals surface area contributed by atoms with E-state index in [2.05, 4.69) is 22.5 Å². The van der Waals surface area contributed by atoms with Crippen LogP contribution in [0, 0.1) is 6.92 Å². The molecule has 0 bridgehead atoms. The third-order valence-electron chi connectivity index (χ3n) is 4.58. The summed E-state index contributed by atoms with van der Waals surface area (Å²) >= 11 is 0. The van der Waals surface area contributed by atoms with Gasteiger partial charge in [-0.3, -0.25) is 4.79 Å². The van der Waals surface area contributed by atoms with E-state index in [9.17, 15) is 4.79 Å². The van der Waals surface area contributed by atoms with Crippen LogP contribution in [0.25, 0.3) is 16.5 Å². The number of hydrogen-bond donors (Lipinski definition) is 1. The third kappa shape index (κ3) is 3.88. The molecule has 0 atom stereocenters. The summed E-state index contributed by atoms with van der Waals surface area (Å²) in [7, 11) is 0. The molecule has 5 heteroatoms. The van der Waals surface area contributed by atoms with Crippen molar-refractivity contribution in [1.82, 2.24) is 15.1 Å². The minimum absolute atomic E-state index is 0.120. The fourth-order valence-corrected chi connectivity index (χ4v) is 3.09. The van der Waals surface area contributed by atoms with Gasteiger partial charge in [-0.2, -0.15) is 5.10 Å². The largest absolute Gasteiger partial charge is 0.492 e. The minimum atomic E-state index is -0.120. The van der Waals surface area contributed by atoms with Gasteiger partial charge in [0.2, 0.25) is 0 Å². The number of aromatic nitrogens is 2. The summed E-state index contributed by atoms with van der Waals surface area (Å²) < 4.78 is 7.59. The monoisotopic (exact) mass is 371 g/mol. The van der Waals surface area contributed by atoms with E-state index < -0.39 is 0 Å². The highest BCUT2D eigenvalue weighted by Gasteiger charge is 2.07. The Labute approximate surface area is 163 Å². The number of carbonyl (C=O) groups excluding carboxylic acids is 1. The van der Waals surface area contributed by atoms with Gasteiger partial charge in [-0.15, -0.1) is 0 Å². The van der Waals surface area contributed by atoms with E-state index in [1.165, 1.54) is 5.39 Å². The van der Waals surface area contributed by atoms with Gasteiger partial charge in [0.25, 0.3) is 5.91 Å². The number of amides is 1. The zero-order chi connectivity index (χ0) is 19.3. The molecule has 0 saturated heterocycles. The van der Waals surface area contributed by atoms with E-state index in [1.807, 2.05) is 60.1 Å². The van der Waals surface area contributed by atoms with Gasteiger partial charge in [-0.1, -0.05) is 30.3 Å². The number of aryl methyl sites for hydroxylation is 1. The molecule has 1 amide bonds. The highest BCUT2D eigenvalue weighted by molar-refractivity contribution is 5.94. The van der Waals surface area contributed by atoms with Crippen molar-refractivity contribution in [2.75, 3.05) is 13.2 Å². The second kappa shape index (κ2) is 7.96. The molecule has 1 aromatic heterocycles. The standard InChI is InChI=1S/C23H21N3O2/c1-17-12-13-25-26(17)21-9-6-19(7-10-21)23(27)24-14-15-28-22-11-8-18-4-2-3-5-20(18)16-22/h2-13,16H,14-15H2,1H3,(H,24,27). The number of hydrogen-bond acceptors (Lipinski definition) is 3. The first-order chi connectivity index (χ1) is 13.7. The van der Waals surface area contributed by atoms with E-state index >= 15 is 0 Å². The summed E-state index contributed by atoms with van der Waals surface area (Å²) in [6, 6.07) is 23.5. The van der Waals surface area contributed by atoms with Crippen molar-refractivity contribution in [1.29, 1.82) is 0 Å². The Morgan fingerprint density at radius 1 is 1.00 bits per heavy atom. The van der Waals surface area contributed by atoms with Gasteiger partial charge in [0.15, 0.2) is 0 Å². The van der Waals surface area contributed by atoms with Crippen LogP contribution in [-0.2, 0) is 0 Å². The van der Waals surface area contributed by atoms with Crippen LogP contribution in [0.5, 0.6) is 5.75 Å². The lowest BCUT2D eigenvalue weighted by atomic mass is 10.1. The number of rotatable bonds is 6. The number of nitrogens with zero attached hydrogens (tertiary/aromatic N) is 2. The van der Waals surface area contributed by atoms with Gasteiger partial charge < -0.3 is 10.1 Å². The maximum absolute atomic E-state index is 12.3. The zero-order valence-corrected chi connectivity index (χ0v) is 15.6. The molecule has 0 aliphatic heterocycles. The zero-order valence-electron chi connectivity index (χ0n) is 15.6. The van der Waals surface area contributed by atoms with Crippen molar-refractivity contribution in [2.45, 2.75) is 6.92 Å². The van der Waals surface area contributed by atoms with Crippen LogP contribution in [0.2, 0.25) is 0 Å². The lowest BCUT2D eigenvalue weighted by molar-refractivity contribution is 0.0947. The molecule has 0 spiro atoms. The van der Waals surface area contributed by atoms with E-state index in [0.29, 0.717) is 18.7 Å². The molecular weight excluding hydrogens is 350 g/mol. The van der Waals surface area contributed by atoms with E-state index in [4.69, 9.17) is 4.74 Å². The summed E-state index contributed by atoms with van der Waals surface area (Å²) in [6.07, 6.45) is 1.76. The van der Waals surface area contributed by atoms with Gasteiger partial charge in [-0.05, 0) is 60.2 Å². The highest BCUT2D eigenvalue weighted by Crippen LogP contribution is 2.20. The third-order valence-corrected chi connectivity index (χ3v) is 4.58. The minimum Gasteiger partial charge on any atom is -0.492 e. The molecule has 0 radical (unpaired) electrons. The molecule has 0 fully saturated rings. The quantitative estimate of drug-likeness (QED) is 0.518. The van der Waals surface area contributed by atoms with Gasteiger partial charge in [0.1, 0.15) is 12.4 Å². The second-order valence-electron chi connectivity index (χ2n) is 6.54. The van der Waals surface area contributed by atoms with E-state index in [-0.39, 0.29) is 5.91 Å². The summed E-state index contributed by atoms with van der Waals surface area (Å²) in [5.41, 5.74) is 2.58. The molecular formula is C23H21N3O2. The Bertz CT molecular complexity index is 1100. The van der Waals surface area contributed by atoms with Crippen LogP contribution in [0.1, 0.15) is 16.1 Å². The molecule has 5 nitrogen and oxygen atoms in total. The van der Waals surface area contributed by atoms with Gasteiger partial charge >= 0.3 is 0 Å². The first-order valence-corrected chi connectivity index (χ1v) is 9.21. The Morgan fingerprint density at radius 3 is 2.54 bits per heavy atom. The number of benzene rings is 3. The lowest BCUT2D eigenvalue weighted by Crippen LogP contribution is -2.28. The molecule has 1 N–H and O–H groups in total. The molecule has 0 saturated carbocycles. The SMILES string of the molecule is Cc1ccnn1-c1ccc(C(=O)NCCOc2ccc3ccccc3c2)cc1. The average molecular weight is 371 g/mol. The maximum atomic E-state index is 12.3. The fourth-order valence-electron chi connectivity index (χ4n) is 3.09. The van der Waals surface area contributed by atoms with Crippen molar-refractivity contribution in [3.63, 3.8) is 0 Å². The lowest BCUT2D eigenvalue weighted by Gasteiger charge is -2.09. The predicted octanol–water partition coefficient (Wildman–Crippen LogP) is 4.14. The normalized spacial score (nSPS) is 10.8. The summed E-state index contributed by atoms with van der Waals surface area (Å²) in [6.45, 7) is 2.84. The highest BCUT2D eigenvalue weighted by atomic mass is 16.5. The van der Waals surface area contributed by atoms with Crippen LogP contribution < -0.4 is 10.1 Å². The Hall–Kier alpha value is -3.60. The summed E-state index contributed by atoms with van der Waals surface area (Å²) in [5, 5.41) is 9.47. The van der Waals surface area contributed by atoms with E-state index in [0.717, 1.165) is 22.5 Å². The molecule has 4 rings (SSSR count). The number of fused-ring (bicyclic) bond motifs is 1. The second-order valence-corrected chi connectivity index (χ2v) is 6.54. The molecule has 1 heterocycles. The van der Waals surface area contributed by atoms with E-state index in [1.54, 1.807) is 18.3 Å². The van der Waals surface area contributed by atoms with Crippen LogP contribution in [0.15, 0.2) is 79.0 Å². The molecule has 0 aliphatic rings. The smallest absolute Gasteiger partial charge is 0.251 e. The Balaban J connectivity index is 1.30. The van der Waals surface area contributed by atoms with Crippen molar-refractivity contribution in [2.24, 2.45) is 0 Å². The topological polar surface area (TPSA) is 56.2 Å². The van der Waals surface area contributed by atoms with Crippen LogP contribution >= 0.6 is 0 Å². The molecule has 4 aromatic rings.